The zero-order valence-electron chi connectivity index (χ0n) is 15.8. The summed E-state index contributed by atoms with van der Waals surface area (Å²) in [4.78, 5) is 1.67. The van der Waals surface area contributed by atoms with E-state index in [2.05, 4.69) is 11.7 Å². The molecule has 0 atom stereocenters. The Labute approximate surface area is 165 Å². The average Bonchev–Trinajstić information content (AvgIpc) is 2.96. The van der Waals surface area contributed by atoms with Crippen LogP contribution in [0.1, 0.15) is 11.1 Å². The molecular formula is C18H26N5O2S2+. The molecule has 1 aromatic heterocycles. The van der Waals surface area contributed by atoms with E-state index in [1.807, 2.05) is 30.5 Å². The fraction of sp³-hybridized carbons (Fsp3) is 0.444. The van der Waals surface area contributed by atoms with Crippen LogP contribution in [0.5, 0.6) is 0 Å². The predicted octanol–water partition coefficient (Wildman–Crippen LogP) is 0.764. The number of sulfonamides is 1. The number of hydrogen-bond acceptors (Lipinski definition) is 4. The number of aryl methyl sites for hydroxylation is 2. The molecule has 0 bridgehead atoms. The molecule has 1 aliphatic rings. The van der Waals surface area contributed by atoms with Crippen LogP contribution in [-0.4, -0.2) is 53.2 Å². The fourth-order valence-corrected chi connectivity index (χ4v) is 5.27. The molecule has 0 saturated carbocycles. The second kappa shape index (κ2) is 8.05. The molecule has 1 aliphatic heterocycles. The summed E-state index contributed by atoms with van der Waals surface area (Å²) >= 11 is 5.43. The molecule has 0 radical (unpaired) electrons. The molecular weight excluding hydrogens is 382 g/mol. The summed E-state index contributed by atoms with van der Waals surface area (Å²) in [6.07, 6.45) is 3.50. The maximum atomic E-state index is 13.0. The number of benzene rings is 1. The van der Waals surface area contributed by atoms with E-state index in [9.17, 15) is 8.42 Å². The van der Waals surface area contributed by atoms with Gasteiger partial charge in [-0.2, -0.15) is 14.1 Å². The number of rotatable bonds is 6. The van der Waals surface area contributed by atoms with Gasteiger partial charge in [0, 0.05) is 6.54 Å². The molecule has 0 amide bonds. The number of hydrogen-bond donors (Lipinski definition) is 1. The lowest BCUT2D eigenvalue weighted by atomic mass is 10.2. The van der Waals surface area contributed by atoms with Crippen molar-refractivity contribution in [2.45, 2.75) is 32.0 Å². The molecule has 1 saturated heterocycles. The van der Waals surface area contributed by atoms with Gasteiger partial charge in [0.1, 0.15) is 6.33 Å². The number of quaternary nitrogens is 1. The van der Waals surface area contributed by atoms with Crippen molar-refractivity contribution in [1.82, 2.24) is 18.7 Å². The normalized spacial score (nSPS) is 16.5. The van der Waals surface area contributed by atoms with E-state index in [-0.39, 0.29) is 0 Å². The highest BCUT2D eigenvalue weighted by Gasteiger charge is 2.31. The third kappa shape index (κ3) is 4.21. The van der Waals surface area contributed by atoms with Crippen molar-refractivity contribution in [2.75, 3.05) is 26.2 Å². The Morgan fingerprint density at radius 3 is 2.63 bits per heavy atom. The van der Waals surface area contributed by atoms with Crippen molar-refractivity contribution in [3.63, 3.8) is 0 Å². The summed E-state index contributed by atoms with van der Waals surface area (Å²) in [6, 6.07) is 5.48. The smallest absolute Gasteiger partial charge is 0.243 e. The van der Waals surface area contributed by atoms with Crippen molar-refractivity contribution in [2.24, 2.45) is 0 Å². The maximum absolute atomic E-state index is 13.0. The van der Waals surface area contributed by atoms with Gasteiger partial charge < -0.3 is 9.47 Å². The van der Waals surface area contributed by atoms with Gasteiger partial charge >= 0.3 is 0 Å². The summed E-state index contributed by atoms with van der Waals surface area (Å²) < 4.78 is 31.9. The molecule has 0 unspecified atom stereocenters. The topological polar surface area (TPSA) is 64.6 Å². The highest BCUT2D eigenvalue weighted by atomic mass is 32.2. The quantitative estimate of drug-likeness (QED) is 0.566. The Balaban J connectivity index is 1.66. The summed E-state index contributed by atoms with van der Waals surface area (Å²) in [5.74, 6) is 0. The second-order valence-electron chi connectivity index (χ2n) is 6.94. The van der Waals surface area contributed by atoms with Crippen LogP contribution in [-0.2, 0) is 23.2 Å². The minimum absolute atomic E-state index is 0.405. The third-order valence-electron chi connectivity index (χ3n) is 4.87. The van der Waals surface area contributed by atoms with E-state index >= 15 is 0 Å². The third-order valence-corrected chi connectivity index (χ3v) is 7.38. The van der Waals surface area contributed by atoms with Crippen LogP contribution in [0.3, 0.4) is 0 Å². The molecule has 3 rings (SSSR count). The van der Waals surface area contributed by atoms with Crippen molar-refractivity contribution in [3.05, 3.63) is 53.1 Å². The zero-order valence-corrected chi connectivity index (χ0v) is 17.4. The van der Waals surface area contributed by atoms with Crippen molar-refractivity contribution in [3.8, 4) is 0 Å². The van der Waals surface area contributed by atoms with Gasteiger partial charge in [0.15, 0.2) is 6.67 Å². The number of nitrogens with zero attached hydrogens (tertiary/aromatic N) is 4. The largest absolute Gasteiger partial charge is 0.314 e. The molecule has 2 aromatic rings. The van der Waals surface area contributed by atoms with E-state index in [0.717, 1.165) is 24.2 Å². The van der Waals surface area contributed by atoms with Crippen LogP contribution < -0.4 is 4.90 Å². The Kier molecular flexibility index (Phi) is 5.95. The number of allylic oxidation sites excluding steroid dienone is 1. The summed E-state index contributed by atoms with van der Waals surface area (Å²) in [5.41, 5.74) is 1.86. The molecule has 0 aliphatic carbocycles. The number of piperazine rings is 1. The summed E-state index contributed by atoms with van der Waals surface area (Å²) in [7, 11) is -3.46. The average molecular weight is 409 g/mol. The minimum atomic E-state index is -3.46. The molecule has 9 heteroatoms. The van der Waals surface area contributed by atoms with E-state index in [0.29, 0.717) is 36.0 Å². The summed E-state index contributed by atoms with van der Waals surface area (Å²) in [5, 5.41) is 4.34. The Hall–Kier alpha value is -1.81. The van der Waals surface area contributed by atoms with Crippen LogP contribution in [0, 0.1) is 18.6 Å². The second-order valence-corrected chi connectivity index (χ2v) is 9.21. The highest BCUT2D eigenvalue weighted by Crippen LogP contribution is 2.20. The van der Waals surface area contributed by atoms with Crippen LogP contribution in [0.2, 0.25) is 0 Å². The number of aromatic nitrogens is 3. The standard InChI is InChI=1S/C18H25N5O2S2/c1-4-7-21-13-19-23(18(21)26)14-20-8-10-22(11-9-20)27(24,25)17-6-5-15(2)12-16(17)3/h4-6,12-13H,1,7-11,14H2,2-3H3/p+1. The van der Waals surface area contributed by atoms with Crippen LogP contribution in [0.4, 0.5) is 0 Å². The van der Waals surface area contributed by atoms with E-state index in [1.54, 1.807) is 27.5 Å². The number of nitrogens with one attached hydrogen (secondary N) is 1. The molecule has 146 valence electrons. The molecule has 2 heterocycles. The molecule has 1 aromatic carbocycles. The maximum Gasteiger partial charge on any atom is 0.243 e. The van der Waals surface area contributed by atoms with Crippen LogP contribution in [0.15, 0.2) is 42.1 Å². The van der Waals surface area contributed by atoms with Gasteiger partial charge in [-0.15, -0.1) is 6.58 Å². The van der Waals surface area contributed by atoms with Gasteiger partial charge in [0.25, 0.3) is 0 Å². The Morgan fingerprint density at radius 1 is 1.30 bits per heavy atom. The highest BCUT2D eigenvalue weighted by molar-refractivity contribution is 7.89. The van der Waals surface area contributed by atoms with Crippen LogP contribution >= 0.6 is 12.2 Å². The SMILES string of the molecule is C=CCn1cnn(C[NH+]2CCN(S(=O)(=O)c3ccc(C)cc3C)CC2)c1=S. The molecule has 1 N–H and O–H groups in total. The van der Waals surface area contributed by atoms with E-state index in [1.165, 1.54) is 4.90 Å². The first kappa shape index (κ1) is 19.9. The Bertz CT molecular complexity index is 985. The van der Waals surface area contributed by atoms with E-state index in [4.69, 9.17) is 12.2 Å². The first-order valence-electron chi connectivity index (χ1n) is 8.97. The molecule has 7 nitrogen and oxygen atoms in total. The van der Waals surface area contributed by atoms with Gasteiger partial charge in [-0.25, -0.2) is 8.42 Å². The molecule has 27 heavy (non-hydrogen) atoms. The first-order chi connectivity index (χ1) is 12.8. The van der Waals surface area contributed by atoms with Gasteiger partial charge in [-0.3, -0.25) is 0 Å². The lowest BCUT2D eigenvalue weighted by Gasteiger charge is -2.31. The first-order valence-corrected chi connectivity index (χ1v) is 10.8. The van der Waals surface area contributed by atoms with Gasteiger partial charge in [-0.05, 0) is 37.7 Å². The van der Waals surface area contributed by atoms with Gasteiger partial charge in [0.05, 0.1) is 31.1 Å². The Morgan fingerprint density at radius 2 is 2.00 bits per heavy atom. The lowest BCUT2D eigenvalue weighted by molar-refractivity contribution is -0.926. The minimum Gasteiger partial charge on any atom is -0.314 e. The lowest BCUT2D eigenvalue weighted by Crippen LogP contribution is -3.14. The van der Waals surface area contributed by atoms with Gasteiger partial charge in [0.2, 0.25) is 14.8 Å². The van der Waals surface area contributed by atoms with Crippen molar-refractivity contribution >= 4 is 22.2 Å². The van der Waals surface area contributed by atoms with E-state index < -0.39 is 10.0 Å². The molecule has 0 spiro atoms. The van der Waals surface area contributed by atoms with Gasteiger partial charge in [-0.1, -0.05) is 23.8 Å². The predicted molar refractivity (Wildman–Crippen MR) is 107 cm³/mol. The monoisotopic (exact) mass is 408 g/mol. The zero-order chi connectivity index (χ0) is 19.6. The fourth-order valence-electron chi connectivity index (χ4n) is 3.39. The summed E-state index contributed by atoms with van der Waals surface area (Å²) in [6.45, 7) is 11.2. The van der Waals surface area contributed by atoms with Crippen molar-refractivity contribution < 1.29 is 13.3 Å². The molecule has 1 fully saturated rings. The van der Waals surface area contributed by atoms with Crippen LogP contribution in [0.25, 0.3) is 0 Å². The van der Waals surface area contributed by atoms with Crippen molar-refractivity contribution in [1.29, 1.82) is 0 Å².